The van der Waals surface area contributed by atoms with Crippen LogP contribution in [0.25, 0.3) is 0 Å². The maximum absolute atomic E-state index is 13.6. The van der Waals surface area contributed by atoms with Crippen LogP contribution in [0.5, 0.6) is 5.88 Å². The van der Waals surface area contributed by atoms with Crippen molar-refractivity contribution in [3.63, 3.8) is 0 Å². The van der Waals surface area contributed by atoms with E-state index < -0.39 is 6.04 Å². The third-order valence-corrected chi connectivity index (χ3v) is 7.43. The monoisotopic (exact) mass is 569 g/mol. The van der Waals surface area contributed by atoms with Crippen molar-refractivity contribution in [3.8, 4) is 5.88 Å². The van der Waals surface area contributed by atoms with E-state index in [2.05, 4.69) is 41.7 Å². The molecular weight excluding hydrogens is 538 g/mol. The molecule has 3 aromatic heterocycles. The molecule has 0 spiro atoms. The molecule has 0 aromatic carbocycles. The van der Waals surface area contributed by atoms with E-state index in [4.69, 9.17) is 4.74 Å². The Labute approximate surface area is 224 Å². The van der Waals surface area contributed by atoms with Crippen LogP contribution in [-0.4, -0.2) is 49.5 Å². The van der Waals surface area contributed by atoms with Gasteiger partial charge in [-0.05, 0) is 85.3 Å². The van der Waals surface area contributed by atoms with Crippen molar-refractivity contribution in [2.24, 2.45) is 17.8 Å². The molecule has 37 heavy (non-hydrogen) atoms. The summed E-state index contributed by atoms with van der Waals surface area (Å²) >= 11 is 3.44. The van der Waals surface area contributed by atoms with Crippen molar-refractivity contribution in [2.45, 2.75) is 58.2 Å². The number of aromatic nitrogens is 5. The number of hydrogen-bond donors (Lipinski definition) is 2. The lowest BCUT2D eigenvalue weighted by molar-refractivity contribution is -0.119. The van der Waals surface area contributed by atoms with Crippen LogP contribution >= 0.6 is 15.9 Å². The minimum atomic E-state index is -0.624. The van der Waals surface area contributed by atoms with Crippen molar-refractivity contribution in [3.05, 3.63) is 52.7 Å². The zero-order valence-electron chi connectivity index (χ0n) is 21.2. The van der Waals surface area contributed by atoms with Crippen LogP contribution in [-0.2, 0) is 11.3 Å². The highest BCUT2D eigenvalue weighted by Gasteiger charge is 2.48. The van der Waals surface area contributed by atoms with Crippen LogP contribution in [0, 0.1) is 17.8 Å². The average molecular weight is 570 g/mol. The van der Waals surface area contributed by atoms with Gasteiger partial charge in [-0.15, -0.1) is 0 Å². The number of rotatable bonds is 11. The number of carbonyl (C=O) groups excluding carboxylic acids is 2. The molecule has 2 aliphatic carbocycles. The smallest absolute Gasteiger partial charge is 0.270 e. The van der Waals surface area contributed by atoms with Crippen LogP contribution in [0.3, 0.4) is 0 Å². The Hall–Kier alpha value is -3.21. The second-order valence-corrected chi connectivity index (χ2v) is 11.1. The lowest BCUT2D eigenvalue weighted by Gasteiger charge is -2.27. The number of halogens is 1. The molecule has 196 valence electrons. The number of nitrogens with zero attached hydrogens (tertiary/aromatic N) is 5. The first-order valence-corrected chi connectivity index (χ1v) is 13.5. The third kappa shape index (κ3) is 5.87. The Morgan fingerprint density at radius 3 is 2.54 bits per heavy atom. The van der Waals surface area contributed by atoms with E-state index in [-0.39, 0.29) is 23.8 Å². The molecule has 3 heterocycles. The van der Waals surface area contributed by atoms with E-state index in [0.717, 1.165) is 35.7 Å². The van der Waals surface area contributed by atoms with Crippen LogP contribution < -0.4 is 15.4 Å². The minimum absolute atomic E-state index is 0.0376. The molecule has 2 fully saturated rings. The molecule has 0 radical (unpaired) electrons. The van der Waals surface area contributed by atoms with Gasteiger partial charge < -0.3 is 15.4 Å². The van der Waals surface area contributed by atoms with Gasteiger partial charge in [0.15, 0.2) is 0 Å². The molecule has 5 rings (SSSR count). The van der Waals surface area contributed by atoms with Gasteiger partial charge in [0.1, 0.15) is 11.7 Å². The van der Waals surface area contributed by atoms with Gasteiger partial charge in [-0.1, -0.05) is 0 Å². The molecule has 0 saturated heterocycles. The Kier molecular flexibility index (Phi) is 7.32. The lowest BCUT2D eigenvalue weighted by Crippen LogP contribution is -2.50. The van der Waals surface area contributed by atoms with Gasteiger partial charge in [0.2, 0.25) is 11.8 Å². The van der Waals surface area contributed by atoms with E-state index in [0.29, 0.717) is 35.6 Å². The standard InChI is InChI=1S/C26H32BrN7O3/c1-15(2)34-21(8-9-29-34)24(35)32-23(22(16-4-5-16)17-6-7-17)25(36)31-20-12-30-33(14-20)13-18-10-19(27)11-28-26(18)37-3/h8-12,14-17,22-23H,4-7,13H2,1-3H3,(H,31,36)(H,32,35)/t23-/m0/s1. The molecule has 2 aliphatic rings. The first-order chi connectivity index (χ1) is 17.8. The fraction of sp³-hybridized carbons (Fsp3) is 0.500. The predicted octanol–water partition coefficient (Wildman–Crippen LogP) is 4.05. The normalized spacial score (nSPS) is 16.2. The summed E-state index contributed by atoms with van der Waals surface area (Å²) in [5, 5.41) is 14.8. The maximum Gasteiger partial charge on any atom is 0.270 e. The maximum atomic E-state index is 13.6. The van der Waals surface area contributed by atoms with Gasteiger partial charge in [0.25, 0.3) is 5.91 Å². The SMILES string of the molecule is COc1ncc(Br)cc1Cn1cc(NC(=O)[C@@H](NC(=O)c2ccnn2C(C)C)C(C2CC2)C2CC2)cn1. The van der Waals surface area contributed by atoms with Gasteiger partial charge in [-0.25, -0.2) is 4.98 Å². The summed E-state index contributed by atoms with van der Waals surface area (Å²) in [5.41, 5.74) is 1.89. The van der Waals surface area contributed by atoms with Crippen LogP contribution in [0.1, 0.15) is 61.6 Å². The Bertz CT molecular complexity index is 1270. The largest absolute Gasteiger partial charge is 0.481 e. The first-order valence-electron chi connectivity index (χ1n) is 12.7. The number of nitrogens with one attached hydrogen (secondary N) is 2. The predicted molar refractivity (Wildman–Crippen MR) is 141 cm³/mol. The van der Waals surface area contributed by atoms with Gasteiger partial charge in [-0.3, -0.25) is 19.0 Å². The van der Waals surface area contributed by atoms with Gasteiger partial charge in [0, 0.05) is 34.7 Å². The fourth-order valence-corrected chi connectivity index (χ4v) is 5.40. The van der Waals surface area contributed by atoms with Crippen molar-refractivity contribution < 1.29 is 14.3 Å². The van der Waals surface area contributed by atoms with Crippen LogP contribution in [0.15, 0.2) is 41.4 Å². The van der Waals surface area contributed by atoms with Crippen molar-refractivity contribution in [1.82, 2.24) is 29.9 Å². The Balaban J connectivity index is 1.33. The molecule has 0 bridgehead atoms. The van der Waals surface area contributed by atoms with Gasteiger partial charge >= 0.3 is 0 Å². The summed E-state index contributed by atoms with van der Waals surface area (Å²) in [6.07, 6.45) is 11.1. The summed E-state index contributed by atoms with van der Waals surface area (Å²) < 4.78 is 9.60. The number of pyridine rings is 1. The van der Waals surface area contributed by atoms with Crippen molar-refractivity contribution >= 4 is 33.4 Å². The van der Waals surface area contributed by atoms with Crippen LogP contribution in [0.2, 0.25) is 0 Å². The molecule has 2 N–H and O–H groups in total. The molecule has 0 aliphatic heterocycles. The van der Waals surface area contributed by atoms with E-state index in [1.165, 1.54) is 0 Å². The van der Waals surface area contributed by atoms with Crippen LogP contribution in [0.4, 0.5) is 5.69 Å². The van der Waals surface area contributed by atoms with Gasteiger partial charge in [0.05, 0.1) is 25.5 Å². The average Bonchev–Trinajstić information content (AvgIpc) is 3.79. The van der Waals surface area contributed by atoms with Crippen molar-refractivity contribution in [2.75, 3.05) is 12.4 Å². The number of methoxy groups -OCH3 is 1. The fourth-order valence-electron chi connectivity index (χ4n) is 5.02. The molecule has 3 aromatic rings. The molecule has 10 nitrogen and oxygen atoms in total. The van der Waals surface area contributed by atoms with E-state index in [9.17, 15) is 9.59 Å². The first kappa shape index (κ1) is 25.4. The topological polar surface area (TPSA) is 116 Å². The summed E-state index contributed by atoms with van der Waals surface area (Å²) in [6.45, 7) is 4.38. The van der Waals surface area contributed by atoms with E-state index in [1.54, 1.807) is 47.3 Å². The second kappa shape index (κ2) is 10.6. The number of anilines is 1. The van der Waals surface area contributed by atoms with E-state index in [1.807, 2.05) is 19.9 Å². The van der Waals surface area contributed by atoms with E-state index >= 15 is 0 Å². The summed E-state index contributed by atoms with van der Waals surface area (Å²) in [6, 6.07) is 3.04. The minimum Gasteiger partial charge on any atom is -0.481 e. The highest BCUT2D eigenvalue weighted by Crippen LogP contribution is 2.51. The molecule has 1 atom stereocenters. The third-order valence-electron chi connectivity index (χ3n) is 7.00. The number of hydrogen-bond acceptors (Lipinski definition) is 6. The number of ether oxygens (including phenoxy) is 1. The molecule has 2 amide bonds. The Morgan fingerprint density at radius 1 is 1.16 bits per heavy atom. The highest BCUT2D eigenvalue weighted by molar-refractivity contribution is 9.10. The van der Waals surface area contributed by atoms with Crippen molar-refractivity contribution in [1.29, 1.82) is 0 Å². The molecule has 11 heteroatoms. The number of amides is 2. The van der Waals surface area contributed by atoms with Gasteiger partial charge in [-0.2, -0.15) is 10.2 Å². The molecular formula is C26H32BrN7O3. The lowest BCUT2D eigenvalue weighted by atomic mass is 9.88. The zero-order chi connectivity index (χ0) is 26.1. The second-order valence-electron chi connectivity index (χ2n) is 10.2. The number of carbonyl (C=O) groups is 2. The molecule has 0 unspecified atom stereocenters. The highest BCUT2D eigenvalue weighted by atomic mass is 79.9. The summed E-state index contributed by atoms with van der Waals surface area (Å²) in [5.74, 6) is 1.10. The zero-order valence-corrected chi connectivity index (χ0v) is 22.8. The Morgan fingerprint density at radius 2 is 1.89 bits per heavy atom. The quantitative estimate of drug-likeness (QED) is 0.360. The summed E-state index contributed by atoms with van der Waals surface area (Å²) in [4.78, 5) is 31.2. The summed E-state index contributed by atoms with van der Waals surface area (Å²) in [7, 11) is 1.58. The molecule has 2 saturated carbocycles.